The van der Waals surface area contributed by atoms with Gasteiger partial charge in [-0.15, -0.1) is 0 Å². The molecule has 1 unspecified atom stereocenters. The van der Waals surface area contributed by atoms with Crippen LogP contribution in [0.15, 0.2) is 22.7 Å². The lowest BCUT2D eigenvalue weighted by molar-refractivity contribution is 0.0867. The molecule has 0 amide bonds. The third-order valence-electron chi connectivity index (χ3n) is 2.85. The lowest BCUT2D eigenvalue weighted by atomic mass is 10.1. The van der Waals surface area contributed by atoms with Crippen LogP contribution in [0.5, 0.6) is 0 Å². The van der Waals surface area contributed by atoms with E-state index in [4.69, 9.17) is 26.6 Å². The van der Waals surface area contributed by atoms with Crippen LogP contribution in [0.2, 0.25) is 5.02 Å². The van der Waals surface area contributed by atoms with Crippen LogP contribution in [0, 0.1) is 5.82 Å². The first-order valence-corrected chi connectivity index (χ1v) is 6.98. The molecular weight excluding hydrogens is 297 g/mol. The van der Waals surface area contributed by atoms with E-state index in [2.05, 4.69) is 10.1 Å². The molecule has 0 aliphatic carbocycles. The Kier molecular flexibility index (Phi) is 4.92. The molecule has 0 aliphatic rings. The summed E-state index contributed by atoms with van der Waals surface area (Å²) < 4.78 is 24.3. The molecule has 7 heteroatoms. The first kappa shape index (κ1) is 15.9. The largest absolute Gasteiger partial charge is 0.379 e. The Morgan fingerprint density at radius 2 is 2.24 bits per heavy atom. The van der Waals surface area contributed by atoms with Gasteiger partial charge in [0, 0.05) is 11.6 Å². The van der Waals surface area contributed by atoms with Gasteiger partial charge in [-0.05, 0) is 31.5 Å². The van der Waals surface area contributed by atoms with E-state index in [0.717, 1.165) is 6.42 Å². The summed E-state index contributed by atoms with van der Waals surface area (Å²) in [6.45, 7) is 4.58. The maximum Gasteiger partial charge on any atom is 0.261 e. The van der Waals surface area contributed by atoms with Gasteiger partial charge in [-0.1, -0.05) is 23.7 Å². The molecule has 1 aromatic carbocycles. The number of nitrogens with two attached hydrogens (primary N) is 1. The molecule has 2 rings (SSSR count). The molecule has 5 nitrogen and oxygen atoms in total. The van der Waals surface area contributed by atoms with Crippen molar-refractivity contribution in [2.24, 2.45) is 5.73 Å². The van der Waals surface area contributed by atoms with E-state index in [1.54, 1.807) is 6.92 Å². The van der Waals surface area contributed by atoms with E-state index in [0.29, 0.717) is 11.6 Å². The summed E-state index contributed by atoms with van der Waals surface area (Å²) >= 11 is 5.85. The summed E-state index contributed by atoms with van der Waals surface area (Å²) in [6.07, 6.45) is 0.890. The Morgan fingerprint density at radius 3 is 2.95 bits per heavy atom. The average Bonchev–Trinajstić information content (AvgIpc) is 2.92. The van der Waals surface area contributed by atoms with Gasteiger partial charge in [0.15, 0.2) is 5.82 Å². The summed E-state index contributed by atoms with van der Waals surface area (Å²) in [5.74, 6) is -0.194. The summed E-state index contributed by atoms with van der Waals surface area (Å²) in [5.41, 5.74) is 5.34. The number of aromatic nitrogens is 2. The highest BCUT2D eigenvalue weighted by atomic mass is 35.5. The molecule has 1 atom stereocenters. The molecule has 0 radical (unpaired) electrons. The second kappa shape index (κ2) is 6.51. The van der Waals surface area contributed by atoms with Gasteiger partial charge in [-0.25, -0.2) is 4.39 Å². The van der Waals surface area contributed by atoms with Crippen molar-refractivity contribution in [3.63, 3.8) is 0 Å². The van der Waals surface area contributed by atoms with Crippen LogP contribution >= 0.6 is 11.6 Å². The molecule has 21 heavy (non-hydrogen) atoms. The van der Waals surface area contributed by atoms with Crippen molar-refractivity contribution < 1.29 is 13.7 Å². The zero-order valence-corrected chi connectivity index (χ0v) is 12.7. The Balaban J connectivity index is 2.23. The molecule has 0 fully saturated rings. The summed E-state index contributed by atoms with van der Waals surface area (Å²) in [4.78, 5) is 4.15. The number of ether oxygens (including phenoxy) is 1. The van der Waals surface area contributed by atoms with Crippen molar-refractivity contribution in [3.8, 4) is 11.5 Å². The van der Waals surface area contributed by atoms with E-state index in [1.807, 2.05) is 6.92 Å². The van der Waals surface area contributed by atoms with Crippen LogP contribution in [-0.4, -0.2) is 23.4 Å². The van der Waals surface area contributed by atoms with Crippen LogP contribution in [0.3, 0.4) is 0 Å². The van der Waals surface area contributed by atoms with E-state index in [-0.39, 0.29) is 23.9 Å². The quantitative estimate of drug-likeness (QED) is 0.829. The number of hydrogen-bond acceptors (Lipinski definition) is 5. The van der Waals surface area contributed by atoms with Crippen LogP contribution < -0.4 is 5.73 Å². The predicted molar refractivity (Wildman–Crippen MR) is 77.4 cm³/mol. The van der Waals surface area contributed by atoms with Crippen molar-refractivity contribution in [2.45, 2.75) is 25.8 Å². The number of nitrogens with zero attached hydrogens (tertiary/aromatic N) is 2. The Labute approximate surface area is 127 Å². The highest BCUT2D eigenvalue weighted by Crippen LogP contribution is 2.26. The lowest BCUT2D eigenvalue weighted by Crippen LogP contribution is -2.39. The van der Waals surface area contributed by atoms with Crippen molar-refractivity contribution in [2.75, 3.05) is 13.2 Å². The molecule has 0 bridgehead atoms. The van der Waals surface area contributed by atoms with Crippen molar-refractivity contribution in [1.82, 2.24) is 10.1 Å². The molecule has 0 saturated carbocycles. The topological polar surface area (TPSA) is 74.2 Å². The highest BCUT2D eigenvalue weighted by Gasteiger charge is 2.28. The van der Waals surface area contributed by atoms with Gasteiger partial charge in [0.1, 0.15) is 11.4 Å². The third-order valence-corrected chi connectivity index (χ3v) is 3.08. The zero-order chi connectivity index (χ0) is 15.5. The number of rotatable bonds is 6. The molecule has 2 aromatic rings. The van der Waals surface area contributed by atoms with E-state index < -0.39 is 11.4 Å². The van der Waals surface area contributed by atoms with Gasteiger partial charge < -0.3 is 15.0 Å². The van der Waals surface area contributed by atoms with Gasteiger partial charge in [-0.2, -0.15) is 4.98 Å². The van der Waals surface area contributed by atoms with E-state index >= 15 is 0 Å². The minimum Gasteiger partial charge on any atom is -0.379 e. The molecular formula is C14H17ClFN3O2. The molecule has 0 spiro atoms. The predicted octanol–water partition coefficient (Wildman–Crippen LogP) is 3.13. The molecule has 1 aromatic heterocycles. The number of benzene rings is 1. The van der Waals surface area contributed by atoms with Gasteiger partial charge in [0.2, 0.25) is 0 Å². The summed E-state index contributed by atoms with van der Waals surface area (Å²) in [5, 5.41) is 4.20. The first-order chi connectivity index (χ1) is 9.94. The van der Waals surface area contributed by atoms with E-state index in [1.165, 1.54) is 18.2 Å². The summed E-state index contributed by atoms with van der Waals surface area (Å²) in [7, 11) is 0. The normalized spacial score (nSPS) is 14.1. The van der Waals surface area contributed by atoms with Gasteiger partial charge in [0.25, 0.3) is 5.89 Å². The van der Waals surface area contributed by atoms with Gasteiger partial charge in [0.05, 0.1) is 12.2 Å². The highest BCUT2D eigenvalue weighted by molar-refractivity contribution is 6.30. The van der Waals surface area contributed by atoms with Crippen LogP contribution in [0.25, 0.3) is 11.5 Å². The van der Waals surface area contributed by atoms with Crippen molar-refractivity contribution in [3.05, 3.63) is 34.9 Å². The Hall–Kier alpha value is -1.50. The fraction of sp³-hybridized carbons (Fsp3) is 0.429. The fourth-order valence-corrected chi connectivity index (χ4v) is 1.89. The maximum absolute atomic E-state index is 13.8. The first-order valence-electron chi connectivity index (χ1n) is 6.60. The van der Waals surface area contributed by atoms with Crippen LogP contribution in [0.1, 0.15) is 26.1 Å². The molecule has 114 valence electrons. The minimum absolute atomic E-state index is 0.0390. The zero-order valence-electron chi connectivity index (χ0n) is 11.9. The number of halogens is 2. The fourth-order valence-electron chi connectivity index (χ4n) is 1.72. The minimum atomic E-state index is -0.911. The molecule has 0 saturated heterocycles. The Bertz CT molecular complexity index is 616. The van der Waals surface area contributed by atoms with Crippen LogP contribution in [0.4, 0.5) is 4.39 Å². The van der Waals surface area contributed by atoms with E-state index in [9.17, 15) is 4.39 Å². The van der Waals surface area contributed by atoms with Crippen LogP contribution in [-0.2, 0) is 10.3 Å². The average molecular weight is 314 g/mol. The smallest absolute Gasteiger partial charge is 0.261 e. The third kappa shape index (κ3) is 3.78. The maximum atomic E-state index is 13.8. The van der Waals surface area contributed by atoms with Gasteiger partial charge in [-0.3, -0.25) is 0 Å². The monoisotopic (exact) mass is 313 g/mol. The molecule has 0 aliphatic heterocycles. The van der Waals surface area contributed by atoms with Gasteiger partial charge >= 0.3 is 0 Å². The SMILES string of the molecule is CCCOCC(C)(N)c1noc(-c2cc(Cl)ccc2F)n1. The molecule has 1 heterocycles. The van der Waals surface area contributed by atoms with Crippen molar-refractivity contribution in [1.29, 1.82) is 0 Å². The number of hydrogen-bond donors (Lipinski definition) is 1. The second-order valence-electron chi connectivity index (χ2n) is 5.02. The second-order valence-corrected chi connectivity index (χ2v) is 5.45. The standard InChI is InChI=1S/C14H17ClFN3O2/c1-3-6-20-8-14(2,17)13-18-12(21-19-13)10-7-9(15)4-5-11(10)16/h4-5,7H,3,6,8,17H2,1-2H3. The summed E-state index contributed by atoms with van der Waals surface area (Å²) in [6, 6.07) is 4.12. The lowest BCUT2D eigenvalue weighted by Gasteiger charge is -2.19. The Morgan fingerprint density at radius 1 is 1.48 bits per heavy atom. The molecule has 2 N–H and O–H groups in total. The van der Waals surface area contributed by atoms with Crippen molar-refractivity contribution >= 4 is 11.6 Å².